The second-order valence-electron chi connectivity index (χ2n) is 6.38. The average Bonchev–Trinajstić information content (AvgIpc) is 3.22. The molecule has 1 unspecified atom stereocenters. The molecule has 0 radical (unpaired) electrons. The normalized spacial score (nSPS) is 17.6. The number of amides is 3. The predicted molar refractivity (Wildman–Crippen MR) is 96.8 cm³/mol. The first-order chi connectivity index (χ1) is 12.0. The number of carbonyl (C=O) groups is 2. The number of furan rings is 1. The molecule has 2 aromatic rings. The molecule has 2 aromatic heterocycles. The highest BCUT2D eigenvalue weighted by molar-refractivity contribution is 7.09. The zero-order valence-electron chi connectivity index (χ0n) is 14.7. The number of urea groups is 1. The van der Waals surface area contributed by atoms with Crippen LogP contribution in [0.15, 0.2) is 28.0 Å². The minimum absolute atomic E-state index is 0.0433. The summed E-state index contributed by atoms with van der Waals surface area (Å²) in [5, 5.41) is 4.94. The van der Waals surface area contributed by atoms with E-state index in [4.69, 9.17) is 4.42 Å². The van der Waals surface area contributed by atoms with Crippen molar-refractivity contribution in [1.82, 2.24) is 15.1 Å². The number of nitrogens with one attached hydrogen (secondary N) is 1. The molecule has 0 aliphatic carbocycles. The monoisotopic (exact) mass is 361 g/mol. The van der Waals surface area contributed by atoms with E-state index in [1.807, 2.05) is 38.3 Å². The Morgan fingerprint density at radius 1 is 1.36 bits per heavy atom. The minimum atomic E-state index is -0.110. The molecule has 6 nitrogen and oxygen atoms in total. The van der Waals surface area contributed by atoms with Gasteiger partial charge < -0.3 is 19.5 Å². The van der Waals surface area contributed by atoms with Crippen LogP contribution in [-0.2, 0) is 6.54 Å². The first-order valence-electron chi connectivity index (χ1n) is 8.39. The zero-order valence-corrected chi connectivity index (χ0v) is 15.6. The van der Waals surface area contributed by atoms with Gasteiger partial charge in [-0.05, 0) is 43.8 Å². The van der Waals surface area contributed by atoms with Gasteiger partial charge in [-0.2, -0.15) is 0 Å². The fourth-order valence-corrected chi connectivity index (χ4v) is 3.60. The second-order valence-corrected chi connectivity index (χ2v) is 7.41. The highest BCUT2D eigenvalue weighted by Crippen LogP contribution is 2.18. The summed E-state index contributed by atoms with van der Waals surface area (Å²) in [6.07, 6.45) is 0. The lowest BCUT2D eigenvalue weighted by molar-refractivity contribution is 0.0549. The summed E-state index contributed by atoms with van der Waals surface area (Å²) < 4.78 is 5.54. The smallest absolute Gasteiger partial charge is 0.318 e. The molecule has 3 rings (SSSR count). The Bertz CT molecular complexity index is 734. The second kappa shape index (κ2) is 7.31. The van der Waals surface area contributed by atoms with Crippen molar-refractivity contribution in [2.24, 2.45) is 0 Å². The molecule has 1 N–H and O–H groups in total. The molecule has 0 spiro atoms. The Kier molecular flexibility index (Phi) is 5.13. The van der Waals surface area contributed by atoms with Crippen LogP contribution in [0.4, 0.5) is 4.79 Å². The fourth-order valence-electron chi connectivity index (χ4n) is 2.96. The Morgan fingerprint density at radius 2 is 2.16 bits per heavy atom. The summed E-state index contributed by atoms with van der Waals surface area (Å²) in [5.74, 6) is 1.03. The number of hydrogen-bond acceptors (Lipinski definition) is 4. The van der Waals surface area contributed by atoms with Crippen LogP contribution >= 0.6 is 11.3 Å². The van der Waals surface area contributed by atoms with E-state index in [2.05, 4.69) is 5.32 Å². The molecule has 1 atom stereocenters. The number of piperazine rings is 1. The van der Waals surface area contributed by atoms with Gasteiger partial charge in [-0.3, -0.25) is 4.79 Å². The SMILES string of the molecule is Cc1cc(C(=O)N2CCN(C(=O)NCc3cccs3)C(C)C2)oc1C. The number of aryl methyl sites for hydroxylation is 2. The molecule has 0 saturated carbocycles. The first kappa shape index (κ1) is 17.5. The third-order valence-corrected chi connectivity index (χ3v) is 5.42. The lowest BCUT2D eigenvalue weighted by Gasteiger charge is -2.39. The zero-order chi connectivity index (χ0) is 18.0. The third-order valence-electron chi connectivity index (χ3n) is 4.55. The Hall–Kier alpha value is -2.28. The average molecular weight is 361 g/mol. The van der Waals surface area contributed by atoms with Crippen molar-refractivity contribution in [3.8, 4) is 0 Å². The summed E-state index contributed by atoms with van der Waals surface area (Å²) in [7, 11) is 0. The summed E-state index contributed by atoms with van der Waals surface area (Å²) in [6.45, 7) is 7.80. The number of thiophene rings is 1. The highest BCUT2D eigenvalue weighted by Gasteiger charge is 2.31. The molecular formula is C18H23N3O3S. The van der Waals surface area contributed by atoms with Gasteiger partial charge in [-0.15, -0.1) is 11.3 Å². The van der Waals surface area contributed by atoms with Gasteiger partial charge in [0.1, 0.15) is 5.76 Å². The topological polar surface area (TPSA) is 65.8 Å². The van der Waals surface area contributed by atoms with E-state index in [1.165, 1.54) is 0 Å². The van der Waals surface area contributed by atoms with E-state index >= 15 is 0 Å². The van der Waals surface area contributed by atoms with Crippen molar-refractivity contribution in [3.05, 3.63) is 45.5 Å². The molecule has 25 heavy (non-hydrogen) atoms. The van der Waals surface area contributed by atoms with E-state index in [9.17, 15) is 9.59 Å². The van der Waals surface area contributed by atoms with E-state index in [0.717, 1.165) is 16.2 Å². The van der Waals surface area contributed by atoms with Gasteiger partial charge in [-0.1, -0.05) is 6.07 Å². The number of hydrogen-bond donors (Lipinski definition) is 1. The van der Waals surface area contributed by atoms with E-state index in [-0.39, 0.29) is 18.0 Å². The molecule has 3 heterocycles. The van der Waals surface area contributed by atoms with Gasteiger partial charge in [0, 0.05) is 30.6 Å². The molecule has 0 bridgehead atoms. The number of nitrogens with zero attached hydrogens (tertiary/aromatic N) is 2. The van der Waals surface area contributed by atoms with Gasteiger partial charge >= 0.3 is 6.03 Å². The van der Waals surface area contributed by atoms with Crippen molar-refractivity contribution in [2.75, 3.05) is 19.6 Å². The van der Waals surface area contributed by atoms with Crippen LogP contribution in [0.25, 0.3) is 0 Å². The van der Waals surface area contributed by atoms with Gasteiger partial charge in [0.2, 0.25) is 0 Å². The maximum absolute atomic E-state index is 12.6. The Balaban J connectivity index is 1.56. The maximum Gasteiger partial charge on any atom is 0.318 e. The first-order valence-corrected chi connectivity index (χ1v) is 9.27. The summed E-state index contributed by atoms with van der Waals surface area (Å²) in [5.41, 5.74) is 0.975. The van der Waals surface area contributed by atoms with Crippen LogP contribution in [0.1, 0.15) is 33.7 Å². The van der Waals surface area contributed by atoms with Crippen LogP contribution in [-0.4, -0.2) is 47.4 Å². The Morgan fingerprint density at radius 3 is 2.76 bits per heavy atom. The quantitative estimate of drug-likeness (QED) is 0.914. The highest BCUT2D eigenvalue weighted by atomic mass is 32.1. The van der Waals surface area contributed by atoms with Crippen LogP contribution in [0.5, 0.6) is 0 Å². The molecule has 1 fully saturated rings. The van der Waals surface area contributed by atoms with Crippen molar-refractivity contribution < 1.29 is 14.0 Å². The molecule has 1 aliphatic heterocycles. The molecule has 1 aliphatic rings. The summed E-state index contributed by atoms with van der Waals surface area (Å²) in [6, 6.07) is 5.62. The van der Waals surface area contributed by atoms with Gasteiger partial charge in [0.25, 0.3) is 5.91 Å². The van der Waals surface area contributed by atoms with E-state index < -0.39 is 0 Å². The van der Waals surface area contributed by atoms with Crippen LogP contribution in [0.3, 0.4) is 0 Å². The molecular weight excluding hydrogens is 338 g/mol. The molecule has 3 amide bonds. The van der Waals surface area contributed by atoms with Crippen molar-refractivity contribution in [2.45, 2.75) is 33.4 Å². The predicted octanol–water partition coefficient (Wildman–Crippen LogP) is 3.01. The van der Waals surface area contributed by atoms with Crippen LogP contribution < -0.4 is 5.32 Å². The number of rotatable bonds is 3. The largest absolute Gasteiger partial charge is 0.456 e. The van der Waals surface area contributed by atoms with Crippen LogP contribution in [0, 0.1) is 13.8 Å². The summed E-state index contributed by atoms with van der Waals surface area (Å²) in [4.78, 5) is 29.6. The van der Waals surface area contributed by atoms with Crippen molar-refractivity contribution in [3.63, 3.8) is 0 Å². The van der Waals surface area contributed by atoms with Gasteiger partial charge in [-0.25, -0.2) is 4.79 Å². The third kappa shape index (κ3) is 3.87. The standard InChI is InChI=1S/C18H23N3O3S/c1-12-9-16(24-14(12)3)17(22)20-6-7-21(13(2)11-20)18(23)19-10-15-5-4-8-25-15/h4-5,8-9,13H,6-7,10-11H2,1-3H3,(H,19,23). The molecule has 0 aromatic carbocycles. The van der Waals surface area contributed by atoms with E-state index in [0.29, 0.717) is 31.9 Å². The van der Waals surface area contributed by atoms with Crippen molar-refractivity contribution in [1.29, 1.82) is 0 Å². The molecule has 134 valence electrons. The van der Waals surface area contributed by atoms with Crippen LogP contribution in [0.2, 0.25) is 0 Å². The maximum atomic E-state index is 12.6. The number of carbonyl (C=O) groups excluding carboxylic acids is 2. The van der Waals surface area contributed by atoms with E-state index in [1.54, 1.807) is 27.2 Å². The van der Waals surface area contributed by atoms with Gasteiger partial charge in [0.05, 0.1) is 6.54 Å². The lowest BCUT2D eigenvalue weighted by atomic mass is 10.2. The van der Waals surface area contributed by atoms with Crippen molar-refractivity contribution >= 4 is 23.3 Å². The van der Waals surface area contributed by atoms with Gasteiger partial charge in [0.15, 0.2) is 5.76 Å². The Labute approximate surface area is 151 Å². The lowest BCUT2D eigenvalue weighted by Crippen LogP contribution is -2.57. The minimum Gasteiger partial charge on any atom is -0.456 e. The summed E-state index contributed by atoms with van der Waals surface area (Å²) >= 11 is 1.62. The fraction of sp³-hybridized carbons (Fsp3) is 0.444. The molecule has 1 saturated heterocycles. The molecule has 7 heteroatoms.